The number of para-hydroxylation sites is 1. The lowest BCUT2D eigenvalue weighted by Crippen LogP contribution is -2.62. The average molecular weight is 1150 g/mol. The van der Waals surface area contributed by atoms with Crippen LogP contribution in [0.5, 0.6) is 0 Å². The van der Waals surface area contributed by atoms with Crippen LogP contribution >= 0.6 is 0 Å². The molecule has 0 spiro atoms. The highest BCUT2D eigenvalue weighted by Gasteiger charge is 2.54. The highest BCUT2D eigenvalue weighted by Crippen LogP contribution is 2.49. The van der Waals surface area contributed by atoms with Gasteiger partial charge in [-0.1, -0.05) is 80.0 Å². The minimum absolute atomic E-state index is 0.0367. The minimum Gasteiger partial charge on any atom is -0.459 e. The first-order valence-corrected chi connectivity index (χ1v) is 30.8. The number of likely N-dealkylation sites (tertiary alicyclic amines) is 1. The molecule has 4 aliphatic rings. The molecule has 4 saturated heterocycles. The lowest BCUT2D eigenvalue weighted by Gasteiger charge is -2.53. The van der Waals surface area contributed by atoms with Crippen LogP contribution in [0, 0.1) is 40.4 Å². The van der Waals surface area contributed by atoms with Gasteiger partial charge in [0.05, 0.1) is 66.6 Å². The van der Waals surface area contributed by atoms with Gasteiger partial charge in [-0.25, -0.2) is 9.97 Å². The van der Waals surface area contributed by atoms with Crippen LogP contribution in [0.2, 0.25) is 0 Å². The van der Waals surface area contributed by atoms with Gasteiger partial charge in [0, 0.05) is 57.5 Å². The number of nitrogens with two attached hydrogens (primary N) is 1. The zero-order valence-electron chi connectivity index (χ0n) is 52.5. The van der Waals surface area contributed by atoms with Crippen molar-refractivity contribution >= 4 is 45.5 Å². The van der Waals surface area contributed by atoms with Crippen molar-refractivity contribution < 1.29 is 53.8 Å². The minimum atomic E-state index is -1.80. The van der Waals surface area contributed by atoms with Crippen LogP contribution in [0.1, 0.15) is 147 Å². The number of aliphatic hydroxyl groups is 4. The number of imidazole rings is 1. The molecule has 16 atom stereocenters. The molecular formula is C63H104N8O11. The third-order valence-corrected chi connectivity index (χ3v) is 19.6. The second-order valence-electron chi connectivity index (χ2n) is 27.3. The molecule has 2 amide bonds. The van der Waals surface area contributed by atoms with Gasteiger partial charge < -0.3 is 64.4 Å². The molecule has 0 aliphatic carbocycles. The number of esters is 1. The normalized spacial score (nSPS) is 34.9. The van der Waals surface area contributed by atoms with E-state index in [4.69, 9.17) is 29.7 Å². The summed E-state index contributed by atoms with van der Waals surface area (Å²) < 4.78 is 28.9. The topological polar surface area (TPSA) is 239 Å². The van der Waals surface area contributed by atoms with Crippen LogP contribution in [0.4, 0.5) is 5.82 Å². The maximum absolute atomic E-state index is 14.7. The number of aliphatic hydroxyl groups excluding tert-OH is 3. The molecule has 6 heterocycles. The number of ether oxygens (including phenoxy) is 4. The standard InChI is InChI=1S/C63H104N8O11/c1-17-19-24-47-66-52-53(43-22-20-21-23-44(43)65-59(52)64)71(47)33-42-25-27-70(28-26-42)49(73)35-67(14)34-48(72)69(16)45-29-37(4)79-56(54(45)74)51-38(5)55(82-50-31-62(11,12)58(76)41(8)80-50)39(6)60(77)81-46(18-2)63(13,78)57(75)40(7)68(15)32-36(3)30-61(51,9)10/h20-23,36-42,45-46,50-51,54-58,74-76,78H,17-19,24-35H2,1-16H3,(H2,64,65)/t36-,37-,38-,39-,40-,41+,45+,46-,50+,51?,54-,55+,56?,57-,58+,63-/m1/s1. The van der Waals surface area contributed by atoms with Gasteiger partial charge in [0.25, 0.3) is 0 Å². The number of hydrogen-bond acceptors (Lipinski definition) is 16. The van der Waals surface area contributed by atoms with Crippen molar-refractivity contribution in [3.8, 4) is 0 Å². The number of aromatic nitrogens is 3. The molecule has 19 heteroatoms. The number of nitrogen functional groups attached to an aromatic ring is 1. The summed E-state index contributed by atoms with van der Waals surface area (Å²) >= 11 is 0. The number of unbranched alkanes of at least 4 members (excludes halogenated alkanes) is 1. The fraction of sp³-hybridized carbons (Fsp3) is 0.794. The van der Waals surface area contributed by atoms with Gasteiger partial charge in [-0.2, -0.15) is 0 Å². The van der Waals surface area contributed by atoms with Crippen LogP contribution in [0.15, 0.2) is 24.3 Å². The van der Waals surface area contributed by atoms with Gasteiger partial charge in [-0.05, 0) is 128 Å². The van der Waals surface area contributed by atoms with E-state index >= 15 is 0 Å². The summed E-state index contributed by atoms with van der Waals surface area (Å²) in [5, 5.41) is 48.8. The number of nitrogens with zero attached hydrogens (tertiary/aromatic N) is 7. The number of aryl methyl sites for hydroxylation is 1. The van der Waals surface area contributed by atoms with E-state index in [0.717, 1.165) is 66.4 Å². The van der Waals surface area contributed by atoms with Crippen molar-refractivity contribution in [3.05, 3.63) is 30.1 Å². The first-order chi connectivity index (χ1) is 38.4. The second kappa shape index (κ2) is 26.7. The molecule has 3 aromatic rings. The number of benzene rings is 1. The van der Waals surface area contributed by atoms with E-state index in [9.17, 15) is 34.8 Å². The van der Waals surface area contributed by atoms with Crippen molar-refractivity contribution in [2.45, 2.75) is 227 Å². The van der Waals surface area contributed by atoms with Gasteiger partial charge in [-0.15, -0.1) is 0 Å². The maximum Gasteiger partial charge on any atom is 0.311 e. The Morgan fingerprint density at radius 3 is 2.22 bits per heavy atom. The van der Waals surface area contributed by atoms with E-state index in [1.54, 1.807) is 37.7 Å². The third-order valence-electron chi connectivity index (χ3n) is 19.6. The molecule has 82 heavy (non-hydrogen) atoms. The SMILES string of the molecule is CCCCc1nc2c(N)nc3ccccc3c2n1CC1CCN(C(=O)CN(C)CC(=O)N(C)[C@H]2C[C@@H](C)OC(C3[C@@H](C)[C@H](O[C@H]4CC(C)(C)[C@@H](O)[C@H](C)O4)[C@@H](C)C(=O)O[C@H](CC)[C@@](C)(O)[C@H](O)[C@@H](C)N(C)C[C@H](C)CC3(C)C)[C@@H]2O)CC1. The largest absolute Gasteiger partial charge is 0.459 e. The molecule has 0 bridgehead atoms. The molecule has 2 unspecified atom stereocenters. The fourth-order valence-corrected chi connectivity index (χ4v) is 14.8. The van der Waals surface area contributed by atoms with Crippen LogP contribution in [0.3, 0.4) is 0 Å². The summed E-state index contributed by atoms with van der Waals surface area (Å²) in [5.74, 6) is -1.05. The van der Waals surface area contributed by atoms with Crippen LogP contribution in [-0.4, -0.2) is 199 Å². The summed E-state index contributed by atoms with van der Waals surface area (Å²) in [6.45, 7) is 27.9. The van der Waals surface area contributed by atoms with Crippen molar-refractivity contribution in [1.82, 2.24) is 34.1 Å². The number of carbonyl (C=O) groups excluding carboxylic acids is 3. The predicted molar refractivity (Wildman–Crippen MR) is 318 cm³/mol. The number of cyclic esters (lactones) is 1. The Morgan fingerprint density at radius 1 is 0.902 bits per heavy atom. The summed E-state index contributed by atoms with van der Waals surface area (Å²) in [6.07, 6.45) is -1.63. The van der Waals surface area contributed by atoms with E-state index in [0.29, 0.717) is 50.6 Å². The molecule has 6 N–H and O–H groups in total. The number of hydrogen-bond donors (Lipinski definition) is 5. The van der Waals surface area contributed by atoms with Gasteiger partial charge in [-0.3, -0.25) is 19.3 Å². The number of fused-ring (bicyclic) bond motifs is 3. The lowest BCUT2D eigenvalue weighted by molar-refractivity contribution is -0.283. The first kappa shape index (κ1) is 65.5. The number of pyridine rings is 1. The number of likely N-dealkylation sites (N-methyl/N-ethyl adjacent to an activating group) is 3. The Kier molecular flexibility index (Phi) is 21.3. The summed E-state index contributed by atoms with van der Waals surface area (Å²) in [5.41, 5.74) is 6.11. The summed E-state index contributed by atoms with van der Waals surface area (Å²) in [7, 11) is 5.42. The Labute approximate surface area is 488 Å². The molecule has 462 valence electrons. The third kappa shape index (κ3) is 14.3. The monoisotopic (exact) mass is 1150 g/mol. The first-order valence-electron chi connectivity index (χ1n) is 30.8. The molecule has 19 nitrogen and oxygen atoms in total. The van der Waals surface area contributed by atoms with E-state index in [1.807, 2.05) is 76.6 Å². The Hall–Kier alpha value is -4.05. The molecular weight excluding hydrogens is 1040 g/mol. The van der Waals surface area contributed by atoms with Crippen molar-refractivity contribution in [2.75, 3.05) is 59.6 Å². The molecule has 4 aliphatic heterocycles. The lowest BCUT2D eigenvalue weighted by atomic mass is 9.61. The van der Waals surface area contributed by atoms with E-state index < -0.39 is 101 Å². The number of amides is 2. The van der Waals surface area contributed by atoms with Crippen molar-refractivity contribution in [3.63, 3.8) is 0 Å². The molecule has 0 radical (unpaired) electrons. The van der Waals surface area contributed by atoms with Gasteiger partial charge in [0.2, 0.25) is 11.8 Å². The van der Waals surface area contributed by atoms with Crippen molar-refractivity contribution in [1.29, 1.82) is 0 Å². The van der Waals surface area contributed by atoms with Crippen LogP contribution in [-0.2, 0) is 46.3 Å². The highest BCUT2D eigenvalue weighted by atomic mass is 16.7. The zero-order chi connectivity index (χ0) is 60.5. The Balaban J connectivity index is 1.08. The molecule has 0 saturated carbocycles. The highest BCUT2D eigenvalue weighted by molar-refractivity contribution is 6.06. The maximum atomic E-state index is 14.7. The predicted octanol–water partition coefficient (Wildman–Crippen LogP) is 6.66. The Bertz CT molecular complexity index is 2640. The van der Waals surface area contributed by atoms with E-state index in [1.165, 1.54) is 6.92 Å². The van der Waals surface area contributed by atoms with Crippen molar-refractivity contribution in [2.24, 2.45) is 40.4 Å². The molecule has 2 aromatic heterocycles. The second-order valence-corrected chi connectivity index (χ2v) is 27.3. The molecule has 1 aromatic carbocycles. The zero-order valence-corrected chi connectivity index (χ0v) is 52.5. The fourth-order valence-electron chi connectivity index (χ4n) is 14.8. The summed E-state index contributed by atoms with van der Waals surface area (Å²) in [4.78, 5) is 60.2. The van der Waals surface area contributed by atoms with E-state index in [2.05, 4.69) is 43.3 Å². The van der Waals surface area contributed by atoms with Gasteiger partial charge in [0.15, 0.2) is 12.1 Å². The molecule has 7 rings (SSSR count). The number of piperidine rings is 1. The van der Waals surface area contributed by atoms with Crippen LogP contribution in [0.25, 0.3) is 21.9 Å². The van der Waals surface area contributed by atoms with Gasteiger partial charge in [0.1, 0.15) is 35.3 Å². The Morgan fingerprint density at radius 2 is 1.57 bits per heavy atom. The summed E-state index contributed by atoms with van der Waals surface area (Å²) in [6, 6.07) is 6.90. The number of carbonyl (C=O) groups is 3. The van der Waals surface area contributed by atoms with Gasteiger partial charge >= 0.3 is 5.97 Å². The number of anilines is 1. The average Bonchev–Trinajstić information content (AvgIpc) is 3.98. The smallest absolute Gasteiger partial charge is 0.311 e. The number of rotatable bonds is 14. The quantitative estimate of drug-likeness (QED) is 0.106. The van der Waals surface area contributed by atoms with Crippen LogP contribution < -0.4 is 5.73 Å². The molecule has 4 fully saturated rings. The van der Waals surface area contributed by atoms with E-state index in [-0.39, 0.29) is 43.3 Å².